The van der Waals surface area contributed by atoms with E-state index >= 15 is 0 Å². The molecule has 3 rings (SSSR count). The van der Waals surface area contributed by atoms with Crippen LogP contribution < -0.4 is 0 Å². The minimum absolute atomic E-state index is 1.10. The molecule has 1 nitrogen and oxygen atoms in total. The summed E-state index contributed by atoms with van der Waals surface area (Å²) in [7, 11) is 0. The van der Waals surface area contributed by atoms with Gasteiger partial charge in [-0.3, -0.25) is 4.98 Å². The van der Waals surface area contributed by atoms with Crippen molar-refractivity contribution in [2.75, 3.05) is 0 Å². The molecule has 0 radical (unpaired) electrons. The average Bonchev–Trinajstić information content (AvgIpc) is 2.61. The molecule has 15 heavy (non-hydrogen) atoms. The smallest absolute Gasteiger partial charge is 0.0719 e. The Labute approximate surface area is 92.4 Å². The summed E-state index contributed by atoms with van der Waals surface area (Å²) in [6.07, 6.45) is 0. The lowest BCUT2D eigenvalue weighted by Gasteiger charge is -2.01. The van der Waals surface area contributed by atoms with E-state index in [1.54, 1.807) is 0 Å². The lowest BCUT2D eigenvalue weighted by Crippen LogP contribution is -1.83. The summed E-state index contributed by atoms with van der Waals surface area (Å²) in [6.45, 7) is 4.24. The molecule has 1 aromatic carbocycles. The summed E-state index contributed by atoms with van der Waals surface area (Å²) in [5.41, 5.74) is 2.23. The lowest BCUT2D eigenvalue weighted by molar-refractivity contribution is 1.29. The van der Waals surface area contributed by atoms with Crippen molar-refractivity contribution in [2.24, 2.45) is 0 Å². The number of pyridine rings is 1. The molecule has 0 bridgehead atoms. The van der Waals surface area contributed by atoms with Crippen LogP contribution in [0.3, 0.4) is 0 Å². The molecule has 0 spiro atoms. The fourth-order valence-corrected chi connectivity index (χ4v) is 3.09. The maximum atomic E-state index is 4.62. The fraction of sp³-hybridized carbons (Fsp3) is 0.154. The van der Waals surface area contributed by atoms with Crippen LogP contribution in [0.15, 0.2) is 30.3 Å². The highest BCUT2D eigenvalue weighted by Crippen LogP contribution is 2.32. The summed E-state index contributed by atoms with van der Waals surface area (Å²) in [6, 6.07) is 10.6. The van der Waals surface area contributed by atoms with Gasteiger partial charge in [0, 0.05) is 26.0 Å². The van der Waals surface area contributed by atoms with E-state index in [1.165, 1.54) is 20.3 Å². The van der Waals surface area contributed by atoms with E-state index in [2.05, 4.69) is 43.1 Å². The van der Waals surface area contributed by atoms with Crippen molar-refractivity contribution >= 4 is 32.3 Å². The van der Waals surface area contributed by atoms with Gasteiger partial charge >= 0.3 is 0 Å². The Hall–Kier alpha value is -1.41. The van der Waals surface area contributed by atoms with Crippen molar-refractivity contribution in [3.63, 3.8) is 0 Å². The maximum absolute atomic E-state index is 4.62. The number of rotatable bonds is 0. The van der Waals surface area contributed by atoms with E-state index in [4.69, 9.17) is 0 Å². The molecule has 0 atom stereocenters. The highest BCUT2D eigenvalue weighted by atomic mass is 32.1. The molecule has 0 saturated carbocycles. The van der Waals surface area contributed by atoms with Gasteiger partial charge in [-0.15, -0.1) is 11.3 Å². The highest BCUT2D eigenvalue weighted by Gasteiger charge is 2.07. The molecule has 3 aromatic rings. The summed E-state index contributed by atoms with van der Waals surface area (Å²) in [5.74, 6) is 0. The van der Waals surface area contributed by atoms with Crippen molar-refractivity contribution in [1.82, 2.24) is 4.98 Å². The minimum atomic E-state index is 1.10. The summed E-state index contributed by atoms with van der Waals surface area (Å²) >= 11 is 1.86. The van der Waals surface area contributed by atoms with Crippen molar-refractivity contribution < 1.29 is 0 Å². The van der Waals surface area contributed by atoms with Crippen LogP contribution in [0.1, 0.15) is 10.6 Å². The van der Waals surface area contributed by atoms with Gasteiger partial charge in [0.05, 0.1) is 5.52 Å². The summed E-state index contributed by atoms with van der Waals surface area (Å²) in [5, 5.41) is 2.58. The molecular formula is C13H11NS. The Kier molecular flexibility index (Phi) is 1.80. The Morgan fingerprint density at radius 3 is 2.73 bits per heavy atom. The van der Waals surface area contributed by atoms with Crippen LogP contribution in [0.25, 0.3) is 21.0 Å². The third-order valence-corrected chi connectivity index (χ3v) is 3.77. The third-order valence-electron chi connectivity index (χ3n) is 2.68. The van der Waals surface area contributed by atoms with Gasteiger partial charge in [0.25, 0.3) is 0 Å². The predicted octanol–water partition coefficient (Wildman–Crippen LogP) is 4.07. The topological polar surface area (TPSA) is 12.9 Å². The molecule has 2 heterocycles. The molecule has 2 aromatic heterocycles. The number of para-hydroxylation sites is 1. The number of aryl methyl sites for hydroxylation is 2. The first-order valence-electron chi connectivity index (χ1n) is 5.01. The van der Waals surface area contributed by atoms with Crippen LogP contribution in [-0.4, -0.2) is 4.98 Å². The molecule has 0 amide bonds. The zero-order valence-corrected chi connectivity index (χ0v) is 9.56. The van der Waals surface area contributed by atoms with E-state index in [0.717, 1.165) is 11.2 Å². The van der Waals surface area contributed by atoms with Gasteiger partial charge in [0.15, 0.2) is 0 Å². The Balaban J connectivity index is 2.63. The number of nitrogens with zero attached hydrogens (tertiary/aromatic N) is 1. The first kappa shape index (κ1) is 8.86. The minimum Gasteiger partial charge on any atom is -0.252 e. The van der Waals surface area contributed by atoms with E-state index in [9.17, 15) is 0 Å². The predicted molar refractivity (Wildman–Crippen MR) is 66.6 cm³/mol. The molecule has 0 N–H and O–H groups in total. The van der Waals surface area contributed by atoms with E-state index in [-0.39, 0.29) is 0 Å². The van der Waals surface area contributed by atoms with Gasteiger partial charge in [0.1, 0.15) is 0 Å². The number of thiophene rings is 1. The standard InChI is InChI=1S/C13H11NS/c1-8-7-11-9(2)14-12-6-4-3-5-10(12)13(11)15-8/h3-7H,1-2H3. The Morgan fingerprint density at radius 1 is 1.07 bits per heavy atom. The van der Waals surface area contributed by atoms with Gasteiger partial charge in [-0.05, 0) is 26.0 Å². The SMILES string of the molecule is Cc1cc2c(C)nc3ccccc3c2s1. The van der Waals surface area contributed by atoms with Crippen LogP contribution in [0, 0.1) is 13.8 Å². The fourth-order valence-electron chi connectivity index (χ4n) is 1.99. The Morgan fingerprint density at radius 2 is 1.87 bits per heavy atom. The van der Waals surface area contributed by atoms with E-state index in [0.29, 0.717) is 0 Å². The Bertz CT molecular complexity index is 652. The second-order valence-electron chi connectivity index (χ2n) is 3.81. The molecule has 74 valence electrons. The molecule has 0 aliphatic rings. The maximum Gasteiger partial charge on any atom is 0.0719 e. The monoisotopic (exact) mass is 213 g/mol. The van der Waals surface area contributed by atoms with Gasteiger partial charge in [-0.1, -0.05) is 18.2 Å². The molecular weight excluding hydrogens is 202 g/mol. The second kappa shape index (κ2) is 3.04. The lowest BCUT2D eigenvalue weighted by atomic mass is 10.1. The largest absolute Gasteiger partial charge is 0.252 e. The van der Waals surface area contributed by atoms with Gasteiger partial charge < -0.3 is 0 Å². The zero-order chi connectivity index (χ0) is 10.4. The van der Waals surface area contributed by atoms with Gasteiger partial charge in [-0.25, -0.2) is 0 Å². The van der Waals surface area contributed by atoms with Crippen LogP contribution in [0.5, 0.6) is 0 Å². The van der Waals surface area contributed by atoms with Crippen LogP contribution in [-0.2, 0) is 0 Å². The zero-order valence-electron chi connectivity index (χ0n) is 8.74. The summed E-state index contributed by atoms with van der Waals surface area (Å²) < 4.78 is 1.37. The molecule has 2 heteroatoms. The number of aromatic nitrogens is 1. The second-order valence-corrected chi connectivity index (χ2v) is 5.07. The average molecular weight is 213 g/mol. The van der Waals surface area contributed by atoms with Crippen molar-refractivity contribution in [3.8, 4) is 0 Å². The van der Waals surface area contributed by atoms with E-state index in [1.807, 2.05) is 17.4 Å². The number of hydrogen-bond acceptors (Lipinski definition) is 2. The van der Waals surface area contributed by atoms with Crippen molar-refractivity contribution in [1.29, 1.82) is 0 Å². The molecule has 0 fully saturated rings. The summed E-state index contributed by atoms with van der Waals surface area (Å²) in [4.78, 5) is 5.98. The number of fused-ring (bicyclic) bond motifs is 3. The van der Waals surface area contributed by atoms with Crippen molar-refractivity contribution in [3.05, 3.63) is 40.9 Å². The van der Waals surface area contributed by atoms with Crippen molar-refractivity contribution in [2.45, 2.75) is 13.8 Å². The van der Waals surface area contributed by atoms with Crippen LogP contribution >= 0.6 is 11.3 Å². The first-order chi connectivity index (χ1) is 7.25. The van der Waals surface area contributed by atoms with Gasteiger partial charge in [0.2, 0.25) is 0 Å². The number of hydrogen-bond donors (Lipinski definition) is 0. The van der Waals surface area contributed by atoms with E-state index < -0.39 is 0 Å². The van der Waals surface area contributed by atoms with Gasteiger partial charge in [-0.2, -0.15) is 0 Å². The molecule has 0 aliphatic heterocycles. The molecule has 0 saturated heterocycles. The highest BCUT2D eigenvalue weighted by molar-refractivity contribution is 7.20. The third kappa shape index (κ3) is 1.25. The first-order valence-corrected chi connectivity index (χ1v) is 5.83. The molecule has 0 aliphatic carbocycles. The normalized spacial score (nSPS) is 11.3. The quantitative estimate of drug-likeness (QED) is 0.548. The van der Waals surface area contributed by atoms with Crippen LogP contribution in [0.4, 0.5) is 0 Å². The number of benzene rings is 1. The molecule has 0 unspecified atom stereocenters. The van der Waals surface area contributed by atoms with Crippen LogP contribution in [0.2, 0.25) is 0 Å².